The second kappa shape index (κ2) is 4.48. The Bertz CT molecular complexity index is 549. The maximum atomic E-state index is 11.9. The Hall–Kier alpha value is -1.55. The van der Waals surface area contributed by atoms with Gasteiger partial charge in [-0.05, 0) is 50.8 Å². The van der Waals surface area contributed by atoms with Crippen molar-refractivity contribution >= 4 is 17.3 Å². The van der Waals surface area contributed by atoms with Crippen LogP contribution < -0.4 is 15.5 Å². The number of anilines is 2. The summed E-state index contributed by atoms with van der Waals surface area (Å²) in [7, 11) is 1.83. The van der Waals surface area contributed by atoms with Crippen LogP contribution in [0.3, 0.4) is 0 Å². The number of nitrogens with zero attached hydrogens (tertiary/aromatic N) is 1. The van der Waals surface area contributed by atoms with Gasteiger partial charge in [0, 0.05) is 29.5 Å². The lowest BCUT2D eigenvalue weighted by atomic mass is 10.1. The first-order chi connectivity index (χ1) is 9.76. The van der Waals surface area contributed by atoms with Gasteiger partial charge in [-0.3, -0.25) is 4.79 Å². The summed E-state index contributed by atoms with van der Waals surface area (Å²) in [6.07, 6.45) is 5.39. The van der Waals surface area contributed by atoms with Gasteiger partial charge in [0.1, 0.15) is 6.04 Å². The molecule has 1 amide bonds. The lowest BCUT2D eigenvalue weighted by molar-refractivity contribution is -0.117. The van der Waals surface area contributed by atoms with E-state index in [0.717, 1.165) is 23.2 Å². The molecule has 0 bridgehead atoms. The van der Waals surface area contributed by atoms with E-state index >= 15 is 0 Å². The van der Waals surface area contributed by atoms with Crippen LogP contribution in [0.2, 0.25) is 0 Å². The van der Waals surface area contributed by atoms with Crippen LogP contribution in [0.15, 0.2) is 18.2 Å². The smallest absolute Gasteiger partial charge is 0.246 e. The molecule has 2 N–H and O–H groups in total. The third kappa shape index (κ3) is 2.08. The minimum Gasteiger partial charge on any atom is -0.368 e. The van der Waals surface area contributed by atoms with Gasteiger partial charge in [-0.25, -0.2) is 0 Å². The van der Waals surface area contributed by atoms with E-state index < -0.39 is 0 Å². The third-order valence-electron chi connectivity index (χ3n) is 4.63. The predicted molar refractivity (Wildman–Crippen MR) is 80.0 cm³/mol. The molecule has 2 saturated carbocycles. The van der Waals surface area contributed by atoms with Crippen molar-refractivity contribution in [3.63, 3.8) is 0 Å². The van der Waals surface area contributed by atoms with E-state index in [4.69, 9.17) is 0 Å². The van der Waals surface area contributed by atoms with Crippen LogP contribution in [0.1, 0.15) is 37.3 Å². The lowest BCUT2D eigenvalue weighted by Gasteiger charge is -2.25. The van der Waals surface area contributed by atoms with Gasteiger partial charge >= 0.3 is 0 Å². The first-order valence-electron chi connectivity index (χ1n) is 7.65. The van der Waals surface area contributed by atoms with E-state index in [0.29, 0.717) is 0 Å². The summed E-state index contributed by atoms with van der Waals surface area (Å²) in [5.74, 6) is 0.948. The zero-order valence-corrected chi connectivity index (χ0v) is 11.9. The number of fused-ring (bicyclic) bond motifs is 1. The number of amides is 1. The summed E-state index contributed by atoms with van der Waals surface area (Å²) >= 11 is 0. The van der Waals surface area contributed by atoms with E-state index in [1.54, 1.807) is 0 Å². The molecule has 2 aliphatic carbocycles. The van der Waals surface area contributed by atoms with Crippen LogP contribution in [0, 0.1) is 5.92 Å². The molecule has 106 valence electrons. The number of hydrogen-bond acceptors (Lipinski definition) is 3. The zero-order valence-electron chi connectivity index (χ0n) is 11.9. The van der Waals surface area contributed by atoms with E-state index in [1.165, 1.54) is 37.9 Å². The van der Waals surface area contributed by atoms with Crippen LogP contribution in [-0.4, -0.2) is 25.5 Å². The minimum atomic E-state index is -0.197. The fourth-order valence-electron chi connectivity index (χ4n) is 3.15. The number of carbonyl (C=O) groups is 1. The Balaban J connectivity index is 1.62. The molecule has 1 heterocycles. The molecule has 2 fully saturated rings. The highest BCUT2D eigenvalue weighted by Gasteiger charge is 2.35. The fraction of sp³-hybridized carbons (Fsp3) is 0.562. The monoisotopic (exact) mass is 271 g/mol. The van der Waals surface area contributed by atoms with Crippen molar-refractivity contribution in [2.24, 2.45) is 5.92 Å². The van der Waals surface area contributed by atoms with Crippen molar-refractivity contribution in [1.29, 1.82) is 0 Å². The topological polar surface area (TPSA) is 44.4 Å². The van der Waals surface area contributed by atoms with Gasteiger partial charge in [-0.1, -0.05) is 6.07 Å². The van der Waals surface area contributed by atoms with Crippen molar-refractivity contribution < 1.29 is 4.79 Å². The molecule has 20 heavy (non-hydrogen) atoms. The Morgan fingerprint density at radius 2 is 2.10 bits per heavy atom. The minimum absolute atomic E-state index is 0.0554. The van der Waals surface area contributed by atoms with Crippen molar-refractivity contribution in [2.75, 3.05) is 23.8 Å². The van der Waals surface area contributed by atoms with Crippen molar-refractivity contribution in [1.82, 2.24) is 5.32 Å². The summed E-state index contributed by atoms with van der Waals surface area (Å²) in [5, 5.41) is 6.06. The summed E-state index contributed by atoms with van der Waals surface area (Å²) in [6, 6.07) is 6.98. The predicted octanol–water partition coefficient (Wildman–Crippen LogP) is 2.28. The summed E-state index contributed by atoms with van der Waals surface area (Å²) < 4.78 is 0. The molecule has 0 aromatic heterocycles. The molecule has 1 unspecified atom stereocenters. The molecule has 4 rings (SSSR count). The van der Waals surface area contributed by atoms with Gasteiger partial charge in [0.15, 0.2) is 0 Å². The highest BCUT2D eigenvalue weighted by atomic mass is 16.2. The van der Waals surface area contributed by atoms with Gasteiger partial charge in [0.2, 0.25) is 5.91 Å². The standard InChI is InChI=1S/C16H21N3O/c1-17-15-13-7-6-12(8-14(13)18-16(15)20)19(11-4-5-11)9-10-2-3-10/h6-8,10-11,15,17H,2-5,9H2,1H3,(H,18,20). The molecule has 3 aliphatic rings. The number of likely N-dealkylation sites (N-methyl/N-ethyl adjacent to an activating group) is 1. The van der Waals surface area contributed by atoms with Crippen LogP contribution >= 0.6 is 0 Å². The molecule has 1 aromatic rings. The van der Waals surface area contributed by atoms with Gasteiger partial charge in [-0.15, -0.1) is 0 Å². The Labute approximate surface area is 119 Å². The molecular formula is C16H21N3O. The van der Waals surface area contributed by atoms with Gasteiger partial charge in [0.25, 0.3) is 0 Å². The molecular weight excluding hydrogens is 250 g/mol. The first-order valence-corrected chi connectivity index (χ1v) is 7.65. The molecule has 4 heteroatoms. The molecule has 1 aliphatic heterocycles. The molecule has 0 radical (unpaired) electrons. The quantitative estimate of drug-likeness (QED) is 0.863. The molecule has 4 nitrogen and oxygen atoms in total. The van der Waals surface area contributed by atoms with Crippen molar-refractivity contribution in [3.8, 4) is 0 Å². The number of rotatable bonds is 5. The van der Waals surface area contributed by atoms with Gasteiger partial charge < -0.3 is 15.5 Å². The van der Waals surface area contributed by atoms with Gasteiger partial charge in [0.05, 0.1) is 0 Å². The molecule has 0 spiro atoms. The Kier molecular flexibility index (Phi) is 2.74. The molecule has 1 aromatic carbocycles. The maximum absolute atomic E-state index is 11.9. The van der Waals surface area contributed by atoms with Gasteiger partial charge in [-0.2, -0.15) is 0 Å². The summed E-state index contributed by atoms with van der Waals surface area (Å²) in [4.78, 5) is 14.4. The number of carbonyl (C=O) groups excluding carboxylic acids is 1. The highest BCUT2D eigenvalue weighted by Crippen LogP contribution is 2.40. The average Bonchev–Trinajstić information content (AvgIpc) is 3.32. The highest BCUT2D eigenvalue weighted by molar-refractivity contribution is 6.03. The Morgan fingerprint density at radius 1 is 1.30 bits per heavy atom. The number of nitrogens with one attached hydrogen (secondary N) is 2. The maximum Gasteiger partial charge on any atom is 0.246 e. The normalized spacial score (nSPS) is 24.4. The van der Waals surface area contributed by atoms with Crippen LogP contribution in [-0.2, 0) is 4.79 Å². The SMILES string of the molecule is CNC1C(=O)Nc2cc(N(CC3CC3)C3CC3)ccc21. The van der Waals surface area contributed by atoms with E-state index in [1.807, 2.05) is 7.05 Å². The Morgan fingerprint density at radius 3 is 2.75 bits per heavy atom. The average molecular weight is 271 g/mol. The lowest BCUT2D eigenvalue weighted by Crippen LogP contribution is -2.28. The number of hydrogen-bond donors (Lipinski definition) is 2. The van der Waals surface area contributed by atoms with Crippen molar-refractivity contribution in [3.05, 3.63) is 23.8 Å². The fourth-order valence-corrected chi connectivity index (χ4v) is 3.15. The largest absolute Gasteiger partial charge is 0.368 e. The van der Waals surface area contributed by atoms with E-state index in [-0.39, 0.29) is 11.9 Å². The second-order valence-electron chi connectivity index (χ2n) is 6.31. The van der Waals surface area contributed by atoms with Crippen LogP contribution in [0.5, 0.6) is 0 Å². The zero-order chi connectivity index (χ0) is 13.7. The van der Waals surface area contributed by atoms with Crippen molar-refractivity contribution in [2.45, 2.75) is 37.8 Å². The van der Waals surface area contributed by atoms with E-state index in [2.05, 4.69) is 33.7 Å². The second-order valence-corrected chi connectivity index (χ2v) is 6.31. The van der Waals surface area contributed by atoms with Crippen LogP contribution in [0.25, 0.3) is 0 Å². The summed E-state index contributed by atoms with van der Waals surface area (Å²) in [5.41, 5.74) is 3.33. The third-order valence-corrected chi connectivity index (χ3v) is 4.63. The molecule has 0 saturated heterocycles. The summed E-state index contributed by atoms with van der Waals surface area (Å²) in [6.45, 7) is 1.19. The van der Waals surface area contributed by atoms with E-state index in [9.17, 15) is 4.79 Å². The first kappa shape index (κ1) is 12.2. The molecule has 1 atom stereocenters. The van der Waals surface area contributed by atoms with Crippen LogP contribution in [0.4, 0.5) is 11.4 Å². The number of benzene rings is 1.